The van der Waals surface area contributed by atoms with Gasteiger partial charge < -0.3 is 9.42 Å². The van der Waals surface area contributed by atoms with Gasteiger partial charge in [0.15, 0.2) is 5.82 Å². The summed E-state index contributed by atoms with van der Waals surface area (Å²) in [6.07, 6.45) is 5.71. The van der Waals surface area contributed by atoms with Gasteiger partial charge in [0.25, 0.3) is 0 Å². The van der Waals surface area contributed by atoms with E-state index in [1.54, 1.807) is 4.31 Å². The van der Waals surface area contributed by atoms with Crippen LogP contribution in [0.5, 0.6) is 0 Å². The average Bonchev–Trinajstić information content (AvgIpc) is 3.24. The van der Waals surface area contributed by atoms with Crippen molar-refractivity contribution in [1.82, 2.24) is 19.3 Å². The minimum Gasteiger partial charge on any atom is -0.339 e. The number of nitrogens with zero attached hydrogens (tertiary/aromatic N) is 4. The molecule has 1 atom stereocenters. The number of hydrogen-bond donors (Lipinski definition) is 0. The van der Waals surface area contributed by atoms with Crippen LogP contribution in [0, 0.1) is 5.41 Å². The van der Waals surface area contributed by atoms with Gasteiger partial charge in [0.1, 0.15) is 0 Å². The lowest BCUT2D eigenvalue weighted by molar-refractivity contribution is -0.00603. The molecule has 8 heteroatoms. The highest BCUT2D eigenvalue weighted by atomic mass is 32.2. The molecule has 3 fully saturated rings. The highest BCUT2D eigenvalue weighted by Gasteiger charge is 2.58. The first-order valence-corrected chi connectivity index (χ1v) is 12.3. The predicted molar refractivity (Wildman–Crippen MR) is 109 cm³/mol. The van der Waals surface area contributed by atoms with Gasteiger partial charge in [0, 0.05) is 37.5 Å². The maximum atomic E-state index is 12.2. The number of rotatable bonds is 7. The fourth-order valence-corrected chi connectivity index (χ4v) is 5.80. The third kappa shape index (κ3) is 3.85. The zero-order chi connectivity index (χ0) is 20.1. The molecule has 1 spiro atoms. The lowest BCUT2D eigenvalue weighted by Gasteiger charge is -2.50. The summed E-state index contributed by atoms with van der Waals surface area (Å²) in [5.41, 5.74) is 1.26. The summed E-state index contributed by atoms with van der Waals surface area (Å²) in [5, 5.41) is 4.17. The molecule has 0 bridgehead atoms. The van der Waals surface area contributed by atoms with Crippen molar-refractivity contribution in [2.24, 2.45) is 5.41 Å². The topological polar surface area (TPSA) is 79.5 Å². The molecule has 5 rings (SSSR count). The Bertz CT molecular complexity index is 965. The minimum absolute atomic E-state index is 0.0115. The number of aromatic nitrogens is 2. The van der Waals surface area contributed by atoms with Gasteiger partial charge in [0.2, 0.25) is 15.9 Å². The van der Waals surface area contributed by atoms with Gasteiger partial charge >= 0.3 is 0 Å². The first-order chi connectivity index (χ1) is 13.9. The van der Waals surface area contributed by atoms with E-state index in [0.717, 1.165) is 51.1 Å². The zero-order valence-electron chi connectivity index (χ0n) is 16.8. The molecule has 1 aromatic heterocycles. The van der Waals surface area contributed by atoms with Crippen LogP contribution in [0.15, 0.2) is 34.9 Å². The number of sulfonamides is 1. The quantitative estimate of drug-likeness (QED) is 0.689. The van der Waals surface area contributed by atoms with Gasteiger partial charge in [0.05, 0.1) is 12.2 Å². The first-order valence-electron chi connectivity index (χ1n) is 10.5. The van der Waals surface area contributed by atoms with Gasteiger partial charge in [-0.2, -0.15) is 4.98 Å². The van der Waals surface area contributed by atoms with E-state index in [0.29, 0.717) is 24.9 Å². The van der Waals surface area contributed by atoms with Crippen LogP contribution in [0.1, 0.15) is 48.4 Å². The van der Waals surface area contributed by atoms with Gasteiger partial charge in [-0.15, -0.1) is 0 Å². The molecule has 2 saturated heterocycles. The fourth-order valence-electron chi connectivity index (χ4n) is 4.89. The number of likely N-dealkylation sites (tertiary alicyclic amines) is 1. The van der Waals surface area contributed by atoms with E-state index in [-0.39, 0.29) is 11.3 Å². The maximum Gasteiger partial charge on any atom is 0.231 e. The summed E-state index contributed by atoms with van der Waals surface area (Å²) >= 11 is 0. The van der Waals surface area contributed by atoms with Crippen LogP contribution in [0.2, 0.25) is 0 Å². The average molecular weight is 417 g/mol. The number of benzene rings is 1. The van der Waals surface area contributed by atoms with E-state index in [1.807, 2.05) is 6.07 Å². The predicted octanol–water partition coefficient (Wildman–Crippen LogP) is 2.24. The Morgan fingerprint density at radius 3 is 2.62 bits per heavy atom. The zero-order valence-corrected chi connectivity index (χ0v) is 17.6. The van der Waals surface area contributed by atoms with E-state index in [9.17, 15) is 8.42 Å². The molecule has 1 aliphatic carbocycles. The minimum atomic E-state index is -3.23. The Morgan fingerprint density at radius 2 is 1.93 bits per heavy atom. The second kappa shape index (κ2) is 7.18. The molecular weight excluding hydrogens is 388 g/mol. The van der Waals surface area contributed by atoms with E-state index in [4.69, 9.17) is 4.52 Å². The van der Waals surface area contributed by atoms with Crippen LogP contribution < -0.4 is 0 Å². The van der Waals surface area contributed by atoms with Crippen molar-refractivity contribution in [3.05, 3.63) is 47.6 Å². The lowest BCUT2D eigenvalue weighted by atomic mass is 9.71. The smallest absolute Gasteiger partial charge is 0.231 e. The number of aryl methyl sites for hydroxylation is 1. The second-order valence-electron chi connectivity index (χ2n) is 9.04. The third-order valence-corrected chi connectivity index (χ3v) is 7.86. The summed E-state index contributed by atoms with van der Waals surface area (Å²) in [6.45, 7) is 3.80. The number of hydrogen-bond acceptors (Lipinski definition) is 6. The molecule has 156 valence electrons. The van der Waals surface area contributed by atoms with Crippen molar-refractivity contribution in [1.29, 1.82) is 0 Å². The largest absolute Gasteiger partial charge is 0.339 e. The Morgan fingerprint density at radius 1 is 1.17 bits per heavy atom. The van der Waals surface area contributed by atoms with E-state index < -0.39 is 10.0 Å². The molecule has 0 radical (unpaired) electrons. The van der Waals surface area contributed by atoms with Crippen molar-refractivity contribution in [3.8, 4) is 0 Å². The molecule has 3 heterocycles. The summed E-state index contributed by atoms with van der Waals surface area (Å²) in [6, 6.07) is 10.5. The van der Waals surface area contributed by atoms with Crippen molar-refractivity contribution in [3.63, 3.8) is 0 Å². The molecule has 1 saturated carbocycles. The standard InChI is InChI=1S/C21H28N4O3S/c1-29(26,27)25-12-18(20-22-19(23-28-20)17-9-10-17)21(15-25)13-24(14-21)11-5-8-16-6-3-2-4-7-16/h2-4,6-7,17-18H,5,8-15H2,1H3. The first kappa shape index (κ1) is 19.2. The fraction of sp³-hybridized carbons (Fsp3) is 0.619. The van der Waals surface area contributed by atoms with E-state index >= 15 is 0 Å². The van der Waals surface area contributed by atoms with Gasteiger partial charge in [-0.05, 0) is 37.8 Å². The van der Waals surface area contributed by atoms with Crippen LogP contribution in [0.3, 0.4) is 0 Å². The molecule has 1 unspecified atom stereocenters. The van der Waals surface area contributed by atoms with Gasteiger partial charge in [-0.1, -0.05) is 35.5 Å². The van der Waals surface area contributed by atoms with Crippen LogP contribution in [-0.4, -0.2) is 66.7 Å². The van der Waals surface area contributed by atoms with Crippen molar-refractivity contribution in [2.45, 2.75) is 37.5 Å². The van der Waals surface area contributed by atoms with Crippen LogP contribution in [0.25, 0.3) is 0 Å². The second-order valence-corrected chi connectivity index (χ2v) is 11.0. The van der Waals surface area contributed by atoms with Crippen molar-refractivity contribution < 1.29 is 12.9 Å². The Hall–Kier alpha value is -1.77. The van der Waals surface area contributed by atoms with Gasteiger partial charge in [-0.3, -0.25) is 0 Å². The Labute approximate surface area is 172 Å². The lowest BCUT2D eigenvalue weighted by Crippen LogP contribution is -2.60. The SMILES string of the molecule is CS(=O)(=O)N1CC(c2nc(C3CC3)no2)C2(CN(CCCc3ccccc3)C2)C1. The Kier molecular flexibility index (Phi) is 4.75. The summed E-state index contributed by atoms with van der Waals surface area (Å²) in [7, 11) is -3.23. The van der Waals surface area contributed by atoms with Crippen LogP contribution >= 0.6 is 0 Å². The third-order valence-electron chi connectivity index (χ3n) is 6.64. The van der Waals surface area contributed by atoms with Crippen molar-refractivity contribution in [2.75, 3.05) is 39.0 Å². The summed E-state index contributed by atoms with van der Waals surface area (Å²) < 4.78 is 31.6. The molecule has 2 aromatic rings. The highest BCUT2D eigenvalue weighted by molar-refractivity contribution is 7.88. The molecular formula is C21H28N4O3S. The molecule has 7 nitrogen and oxygen atoms in total. The maximum absolute atomic E-state index is 12.2. The molecule has 2 aliphatic heterocycles. The van der Waals surface area contributed by atoms with E-state index in [1.165, 1.54) is 11.8 Å². The van der Waals surface area contributed by atoms with E-state index in [2.05, 4.69) is 39.3 Å². The molecule has 3 aliphatic rings. The highest BCUT2D eigenvalue weighted by Crippen LogP contribution is 2.50. The summed E-state index contributed by atoms with van der Waals surface area (Å²) in [5.74, 6) is 1.85. The Balaban J connectivity index is 1.25. The van der Waals surface area contributed by atoms with Crippen LogP contribution in [-0.2, 0) is 16.4 Å². The van der Waals surface area contributed by atoms with Crippen molar-refractivity contribution >= 4 is 10.0 Å². The molecule has 1 aromatic carbocycles. The molecule has 0 amide bonds. The summed E-state index contributed by atoms with van der Waals surface area (Å²) in [4.78, 5) is 7.09. The van der Waals surface area contributed by atoms with Crippen LogP contribution in [0.4, 0.5) is 0 Å². The molecule has 0 N–H and O–H groups in total. The monoisotopic (exact) mass is 416 g/mol. The molecule has 29 heavy (non-hydrogen) atoms. The normalized spacial score (nSPS) is 24.8. The van der Waals surface area contributed by atoms with Gasteiger partial charge in [-0.25, -0.2) is 12.7 Å².